The Labute approximate surface area is 173 Å². The molecule has 0 bridgehead atoms. The van der Waals surface area contributed by atoms with Gasteiger partial charge in [-0.3, -0.25) is 9.79 Å². The number of carbonyl (C=O) groups is 1. The lowest BCUT2D eigenvalue weighted by Crippen LogP contribution is -2.46. The Morgan fingerprint density at radius 3 is 2.48 bits per heavy atom. The van der Waals surface area contributed by atoms with Crippen molar-refractivity contribution in [3.63, 3.8) is 0 Å². The summed E-state index contributed by atoms with van der Waals surface area (Å²) in [6.45, 7) is 3.41. The predicted octanol–water partition coefficient (Wildman–Crippen LogP) is 1.13. The zero-order chi connectivity index (χ0) is 20.9. The van der Waals surface area contributed by atoms with Crippen LogP contribution >= 0.6 is 0 Å². The fraction of sp³-hybridized carbons (Fsp3) is 0.600. The van der Waals surface area contributed by atoms with Crippen molar-refractivity contribution < 1.29 is 13.2 Å². The number of primary amides is 1. The Kier molecular flexibility index (Phi) is 7.13. The van der Waals surface area contributed by atoms with E-state index in [2.05, 4.69) is 15.2 Å². The second-order valence-corrected chi connectivity index (χ2v) is 9.72. The van der Waals surface area contributed by atoms with E-state index in [4.69, 9.17) is 5.73 Å². The van der Waals surface area contributed by atoms with Crippen molar-refractivity contribution in [2.45, 2.75) is 43.5 Å². The monoisotopic (exact) mass is 421 g/mol. The molecule has 9 heteroatoms. The molecule has 0 aliphatic carbocycles. The van der Waals surface area contributed by atoms with E-state index in [1.807, 2.05) is 12.1 Å². The third-order valence-corrected chi connectivity index (χ3v) is 7.51. The average molecular weight is 422 g/mol. The van der Waals surface area contributed by atoms with Crippen LogP contribution in [0.2, 0.25) is 0 Å². The summed E-state index contributed by atoms with van der Waals surface area (Å²) >= 11 is 0. The first-order chi connectivity index (χ1) is 13.9. The number of aliphatic imine (C=N–C) groups is 1. The minimum Gasteiger partial charge on any atom is -0.370 e. The molecule has 2 heterocycles. The highest BCUT2D eigenvalue weighted by Gasteiger charge is 2.27. The second-order valence-electron chi connectivity index (χ2n) is 7.78. The number of piperidine rings is 1. The van der Waals surface area contributed by atoms with Gasteiger partial charge in [-0.2, -0.15) is 4.31 Å². The molecule has 1 unspecified atom stereocenters. The minimum absolute atomic E-state index is 0.259. The maximum absolute atomic E-state index is 12.6. The molecule has 1 amide bonds. The van der Waals surface area contributed by atoms with E-state index in [1.54, 1.807) is 23.5 Å². The number of nitrogens with one attached hydrogen (secondary N) is 1. The molecule has 0 radical (unpaired) electrons. The summed E-state index contributed by atoms with van der Waals surface area (Å²) in [4.78, 5) is 18.1. The van der Waals surface area contributed by atoms with Crippen LogP contribution in [-0.2, 0) is 21.4 Å². The summed E-state index contributed by atoms with van der Waals surface area (Å²) < 4.78 is 26.8. The summed E-state index contributed by atoms with van der Waals surface area (Å²) in [7, 11) is -1.64. The topological polar surface area (TPSA) is 108 Å². The highest BCUT2D eigenvalue weighted by atomic mass is 32.2. The molecule has 29 heavy (non-hydrogen) atoms. The molecule has 0 spiro atoms. The molecule has 0 aromatic heterocycles. The fourth-order valence-corrected chi connectivity index (χ4v) is 5.60. The van der Waals surface area contributed by atoms with Crippen LogP contribution in [-0.4, -0.2) is 62.7 Å². The molecule has 8 nitrogen and oxygen atoms in total. The number of hydrogen-bond acceptors (Lipinski definition) is 4. The molecule has 2 saturated heterocycles. The first kappa shape index (κ1) is 21.6. The van der Waals surface area contributed by atoms with Crippen LogP contribution < -0.4 is 11.1 Å². The van der Waals surface area contributed by atoms with Crippen molar-refractivity contribution >= 4 is 21.9 Å². The summed E-state index contributed by atoms with van der Waals surface area (Å²) in [5, 5.41) is 3.34. The number of hydrogen-bond donors (Lipinski definition) is 2. The van der Waals surface area contributed by atoms with E-state index in [1.165, 1.54) is 0 Å². The second kappa shape index (κ2) is 9.58. The van der Waals surface area contributed by atoms with E-state index in [0.717, 1.165) is 50.3 Å². The van der Waals surface area contributed by atoms with Crippen LogP contribution in [0.15, 0.2) is 34.2 Å². The molecule has 1 atom stereocenters. The van der Waals surface area contributed by atoms with E-state index >= 15 is 0 Å². The van der Waals surface area contributed by atoms with Gasteiger partial charge in [0, 0.05) is 46.2 Å². The van der Waals surface area contributed by atoms with Gasteiger partial charge in [-0.1, -0.05) is 12.1 Å². The van der Waals surface area contributed by atoms with Gasteiger partial charge in [-0.15, -0.1) is 0 Å². The zero-order valence-electron chi connectivity index (χ0n) is 17.0. The number of guanidine groups is 1. The summed E-state index contributed by atoms with van der Waals surface area (Å²) in [6, 6.07) is 7.04. The Balaban J connectivity index is 1.58. The number of nitrogens with zero attached hydrogens (tertiary/aromatic N) is 3. The molecule has 3 N–H and O–H groups in total. The lowest BCUT2D eigenvalue weighted by atomic mass is 9.95. The minimum atomic E-state index is -3.38. The van der Waals surface area contributed by atoms with Crippen molar-refractivity contribution in [3.05, 3.63) is 29.8 Å². The number of sulfonamides is 1. The Morgan fingerprint density at radius 1 is 1.17 bits per heavy atom. The highest BCUT2D eigenvalue weighted by Crippen LogP contribution is 2.22. The summed E-state index contributed by atoms with van der Waals surface area (Å²) in [5.74, 6) is 0.784. The van der Waals surface area contributed by atoms with Crippen molar-refractivity contribution in [3.8, 4) is 0 Å². The average Bonchev–Trinajstić information content (AvgIpc) is 3.24. The Bertz CT molecular complexity index is 832. The maximum atomic E-state index is 12.6. The van der Waals surface area contributed by atoms with Crippen molar-refractivity contribution in [2.24, 2.45) is 16.6 Å². The molecule has 1 aromatic carbocycles. The van der Waals surface area contributed by atoms with Crippen LogP contribution in [0.25, 0.3) is 0 Å². The number of likely N-dealkylation sites (tertiary alicyclic amines) is 1. The number of benzene rings is 1. The van der Waals surface area contributed by atoms with E-state index in [0.29, 0.717) is 31.0 Å². The lowest BCUT2D eigenvalue weighted by Gasteiger charge is -2.34. The summed E-state index contributed by atoms with van der Waals surface area (Å²) in [6.07, 6.45) is 4.26. The predicted molar refractivity (Wildman–Crippen MR) is 113 cm³/mol. The Morgan fingerprint density at radius 2 is 1.86 bits per heavy atom. The number of amides is 1. The number of nitrogens with two attached hydrogens (primary N) is 1. The van der Waals surface area contributed by atoms with Gasteiger partial charge in [-0.05, 0) is 49.3 Å². The SMILES string of the molecule is CN=C(NCc1ccc(S(=O)(=O)N2CCCC2)cc1)N1CCCC(CC(N)=O)C1. The van der Waals surface area contributed by atoms with Crippen LogP contribution in [0.1, 0.15) is 37.7 Å². The molecular formula is C20H31N5O3S. The van der Waals surface area contributed by atoms with Gasteiger partial charge in [-0.25, -0.2) is 8.42 Å². The molecule has 3 rings (SSSR count). The van der Waals surface area contributed by atoms with Crippen LogP contribution in [0, 0.1) is 5.92 Å². The quantitative estimate of drug-likeness (QED) is 0.529. The lowest BCUT2D eigenvalue weighted by molar-refractivity contribution is -0.119. The molecule has 0 saturated carbocycles. The maximum Gasteiger partial charge on any atom is 0.243 e. The van der Waals surface area contributed by atoms with Gasteiger partial charge < -0.3 is 16.0 Å². The van der Waals surface area contributed by atoms with Crippen LogP contribution in [0.5, 0.6) is 0 Å². The molecule has 160 valence electrons. The zero-order valence-corrected chi connectivity index (χ0v) is 17.8. The summed E-state index contributed by atoms with van der Waals surface area (Å²) in [5.41, 5.74) is 6.33. The first-order valence-corrected chi connectivity index (χ1v) is 11.7. The van der Waals surface area contributed by atoms with E-state index < -0.39 is 10.0 Å². The van der Waals surface area contributed by atoms with Crippen LogP contribution in [0.4, 0.5) is 0 Å². The van der Waals surface area contributed by atoms with Crippen LogP contribution in [0.3, 0.4) is 0 Å². The highest BCUT2D eigenvalue weighted by molar-refractivity contribution is 7.89. The molecular weight excluding hydrogens is 390 g/mol. The molecule has 2 aliphatic rings. The van der Waals surface area contributed by atoms with Crippen molar-refractivity contribution in [2.75, 3.05) is 33.2 Å². The van der Waals surface area contributed by atoms with Gasteiger partial charge in [0.1, 0.15) is 0 Å². The first-order valence-electron chi connectivity index (χ1n) is 10.2. The smallest absolute Gasteiger partial charge is 0.243 e. The number of rotatable bonds is 6. The largest absolute Gasteiger partial charge is 0.370 e. The van der Waals surface area contributed by atoms with Gasteiger partial charge in [0.05, 0.1) is 4.90 Å². The van der Waals surface area contributed by atoms with Gasteiger partial charge in [0.2, 0.25) is 15.9 Å². The fourth-order valence-electron chi connectivity index (χ4n) is 4.08. The third-order valence-electron chi connectivity index (χ3n) is 5.60. The van der Waals surface area contributed by atoms with Crippen molar-refractivity contribution in [1.29, 1.82) is 0 Å². The molecule has 2 fully saturated rings. The normalized spacial score (nSPS) is 21.3. The molecule has 2 aliphatic heterocycles. The number of carbonyl (C=O) groups excluding carboxylic acids is 1. The van der Waals surface area contributed by atoms with Gasteiger partial charge in [0.25, 0.3) is 0 Å². The van der Waals surface area contributed by atoms with E-state index in [-0.39, 0.29) is 11.8 Å². The molecule has 1 aromatic rings. The standard InChI is InChI=1S/C20H31N5O3S/c1-22-20(24-10-4-5-17(15-24)13-19(21)26)23-14-16-6-8-18(9-7-16)29(27,28)25-11-2-3-12-25/h6-9,17H,2-5,10-15H2,1H3,(H2,21,26)(H,22,23). The van der Waals surface area contributed by atoms with Crippen molar-refractivity contribution in [1.82, 2.24) is 14.5 Å². The van der Waals surface area contributed by atoms with Gasteiger partial charge >= 0.3 is 0 Å². The Hall–Kier alpha value is -2.13. The third kappa shape index (κ3) is 5.48. The van der Waals surface area contributed by atoms with E-state index in [9.17, 15) is 13.2 Å². The van der Waals surface area contributed by atoms with Gasteiger partial charge in [0.15, 0.2) is 5.96 Å².